The van der Waals surface area contributed by atoms with Crippen LogP contribution in [0.25, 0.3) is 0 Å². The number of nitrogens with zero attached hydrogens (tertiary/aromatic N) is 1. The highest BCUT2D eigenvalue weighted by Crippen LogP contribution is 2.28. The zero-order valence-electron chi connectivity index (χ0n) is 9.71. The molecule has 2 heteroatoms. The Hall–Kier alpha value is -0.0800. The zero-order chi connectivity index (χ0) is 10.1. The standard InChI is InChI=1S/C11H24NO/c1-9(2)11-7-6-10(13-5)8-12(11,3)4/h9-11H,6-8H2,1-5H3/q+1. The van der Waals surface area contributed by atoms with E-state index in [1.165, 1.54) is 19.4 Å². The predicted molar refractivity (Wildman–Crippen MR) is 55.6 cm³/mol. The van der Waals surface area contributed by atoms with Gasteiger partial charge < -0.3 is 9.22 Å². The van der Waals surface area contributed by atoms with E-state index in [2.05, 4.69) is 27.9 Å². The molecule has 1 heterocycles. The second-order valence-electron chi connectivity index (χ2n) is 5.21. The van der Waals surface area contributed by atoms with Gasteiger partial charge in [0.2, 0.25) is 0 Å². The number of likely N-dealkylation sites (tertiary alicyclic amines) is 1. The van der Waals surface area contributed by atoms with Crippen molar-refractivity contribution in [3.63, 3.8) is 0 Å². The Labute approximate surface area is 82.5 Å². The summed E-state index contributed by atoms with van der Waals surface area (Å²) in [6.07, 6.45) is 3.02. The average molecular weight is 186 g/mol. The molecule has 78 valence electrons. The summed E-state index contributed by atoms with van der Waals surface area (Å²) in [5, 5.41) is 0. The summed E-state index contributed by atoms with van der Waals surface area (Å²) in [6.45, 7) is 5.83. The van der Waals surface area contributed by atoms with Gasteiger partial charge in [-0.2, -0.15) is 0 Å². The average Bonchev–Trinajstić information content (AvgIpc) is 2.01. The highest BCUT2D eigenvalue weighted by Gasteiger charge is 2.38. The predicted octanol–water partition coefficient (Wildman–Crippen LogP) is 1.90. The van der Waals surface area contributed by atoms with Gasteiger partial charge in [-0.1, -0.05) is 13.8 Å². The van der Waals surface area contributed by atoms with Crippen molar-refractivity contribution >= 4 is 0 Å². The van der Waals surface area contributed by atoms with Gasteiger partial charge in [0.25, 0.3) is 0 Å². The minimum atomic E-state index is 0.477. The Morgan fingerprint density at radius 2 is 1.85 bits per heavy atom. The van der Waals surface area contributed by atoms with Crippen LogP contribution in [0.1, 0.15) is 26.7 Å². The van der Waals surface area contributed by atoms with E-state index in [1.807, 2.05) is 7.11 Å². The number of quaternary nitrogens is 1. The quantitative estimate of drug-likeness (QED) is 0.598. The van der Waals surface area contributed by atoms with E-state index in [9.17, 15) is 0 Å². The SMILES string of the molecule is COC1CCC(C(C)C)[N+](C)(C)C1. The van der Waals surface area contributed by atoms with Crippen molar-refractivity contribution in [3.05, 3.63) is 0 Å². The van der Waals surface area contributed by atoms with E-state index < -0.39 is 0 Å². The fourth-order valence-corrected chi connectivity index (χ4v) is 2.79. The third kappa shape index (κ3) is 2.44. The van der Waals surface area contributed by atoms with Crippen molar-refractivity contribution in [3.8, 4) is 0 Å². The summed E-state index contributed by atoms with van der Waals surface area (Å²) in [7, 11) is 6.49. The minimum absolute atomic E-state index is 0.477. The van der Waals surface area contributed by atoms with E-state index in [-0.39, 0.29) is 0 Å². The third-order valence-corrected chi connectivity index (χ3v) is 3.46. The topological polar surface area (TPSA) is 9.23 Å². The molecule has 0 aliphatic carbocycles. The first-order valence-corrected chi connectivity index (χ1v) is 5.33. The molecular formula is C11H24NO+. The molecule has 0 aromatic carbocycles. The smallest absolute Gasteiger partial charge is 0.106 e. The van der Waals surface area contributed by atoms with Crippen molar-refractivity contribution in [1.29, 1.82) is 0 Å². The van der Waals surface area contributed by atoms with Gasteiger partial charge in [0, 0.05) is 19.4 Å². The summed E-state index contributed by atoms with van der Waals surface area (Å²) in [5.74, 6) is 0.785. The van der Waals surface area contributed by atoms with Gasteiger partial charge in [0.15, 0.2) is 0 Å². The Balaban J connectivity index is 2.62. The molecule has 2 nitrogen and oxygen atoms in total. The molecule has 1 rings (SSSR count). The van der Waals surface area contributed by atoms with Crippen molar-refractivity contribution in [1.82, 2.24) is 0 Å². The second kappa shape index (κ2) is 3.97. The van der Waals surface area contributed by atoms with E-state index in [4.69, 9.17) is 4.74 Å². The van der Waals surface area contributed by atoms with Gasteiger partial charge in [-0.3, -0.25) is 0 Å². The van der Waals surface area contributed by atoms with E-state index in [1.54, 1.807) is 0 Å². The molecule has 0 radical (unpaired) electrons. The van der Waals surface area contributed by atoms with Crippen LogP contribution in [-0.2, 0) is 4.74 Å². The van der Waals surface area contributed by atoms with Crippen LogP contribution < -0.4 is 0 Å². The number of methoxy groups -OCH3 is 1. The highest BCUT2D eigenvalue weighted by atomic mass is 16.5. The number of likely N-dealkylation sites (N-methyl/N-ethyl adjacent to an activating group) is 1. The second-order valence-corrected chi connectivity index (χ2v) is 5.21. The lowest BCUT2D eigenvalue weighted by atomic mass is 9.90. The number of ether oxygens (including phenoxy) is 1. The van der Waals surface area contributed by atoms with E-state index in [0.717, 1.165) is 16.4 Å². The summed E-state index contributed by atoms with van der Waals surface area (Å²) >= 11 is 0. The lowest BCUT2D eigenvalue weighted by Gasteiger charge is -2.46. The van der Waals surface area contributed by atoms with Crippen molar-refractivity contribution in [2.45, 2.75) is 38.8 Å². The van der Waals surface area contributed by atoms with Crippen LogP contribution in [0.4, 0.5) is 0 Å². The van der Waals surface area contributed by atoms with Gasteiger partial charge in [-0.05, 0) is 6.42 Å². The van der Waals surface area contributed by atoms with Crippen LogP contribution in [0.15, 0.2) is 0 Å². The minimum Gasteiger partial charge on any atom is -0.376 e. The van der Waals surface area contributed by atoms with Crippen LogP contribution in [0.3, 0.4) is 0 Å². The monoisotopic (exact) mass is 186 g/mol. The molecule has 0 aromatic rings. The van der Waals surface area contributed by atoms with E-state index in [0.29, 0.717) is 6.10 Å². The first-order chi connectivity index (χ1) is 5.97. The molecule has 0 saturated carbocycles. The lowest BCUT2D eigenvalue weighted by molar-refractivity contribution is -0.926. The maximum absolute atomic E-state index is 5.44. The molecule has 1 aliphatic heterocycles. The first kappa shape index (κ1) is 11.0. The van der Waals surface area contributed by atoms with Gasteiger partial charge in [0.05, 0.1) is 20.1 Å². The lowest BCUT2D eigenvalue weighted by Crippen LogP contribution is -2.58. The summed E-state index contributed by atoms with van der Waals surface area (Å²) in [5.41, 5.74) is 0. The molecule has 1 fully saturated rings. The molecule has 13 heavy (non-hydrogen) atoms. The fourth-order valence-electron chi connectivity index (χ4n) is 2.79. The molecule has 1 saturated heterocycles. The Kier molecular flexibility index (Phi) is 3.36. The molecule has 0 N–H and O–H groups in total. The van der Waals surface area contributed by atoms with Crippen molar-refractivity contribution < 1.29 is 9.22 Å². The molecule has 0 spiro atoms. The Morgan fingerprint density at radius 1 is 1.23 bits per heavy atom. The van der Waals surface area contributed by atoms with Gasteiger partial charge in [-0.15, -0.1) is 0 Å². The molecule has 2 atom stereocenters. The van der Waals surface area contributed by atoms with Crippen LogP contribution in [0.2, 0.25) is 0 Å². The Bertz CT molecular complexity index is 165. The summed E-state index contributed by atoms with van der Waals surface area (Å²) < 4.78 is 6.56. The maximum atomic E-state index is 5.44. The zero-order valence-corrected chi connectivity index (χ0v) is 9.71. The highest BCUT2D eigenvalue weighted by molar-refractivity contribution is 4.73. The number of hydrogen-bond donors (Lipinski definition) is 0. The van der Waals surface area contributed by atoms with Crippen LogP contribution in [-0.4, -0.2) is 44.4 Å². The maximum Gasteiger partial charge on any atom is 0.106 e. The number of piperidine rings is 1. The molecule has 0 amide bonds. The first-order valence-electron chi connectivity index (χ1n) is 5.33. The summed E-state index contributed by atoms with van der Waals surface area (Å²) in [4.78, 5) is 0. The van der Waals surface area contributed by atoms with E-state index >= 15 is 0 Å². The van der Waals surface area contributed by atoms with Crippen molar-refractivity contribution in [2.75, 3.05) is 27.7 Å². The molecule has 0 aromatic heterocycles. The summed E-state index contributed by atoms with van der Waals surface area (Å²) in [6, 6.07) is 0.811. The van der Waals surface area contributed by atoms with Crippen LogP contribution in [0, 0.1) is 5.92 Å². The number of rotatable bonds is 2. The molecular weight excluding hydrogens is 162 g/mol. The third-order valence-electron chi connectivity index (χ3n) is 3.46. The normalized spacial score (nSPS) is 33.7. The largest absolute Gasteiger partial charge is 0.376 e. The van der Waals surface area contributed by atoms with Crippen molar-refractivity contribution in [2.24, 2.45) is 5.92 Å². The van der Waals surface area contributed by atoms with Crippen LogP contribution in [0.5, 0.6) is 0 Å². The number of hydrogen-bond acceptors (Lipinski definition) is 1. The Morgan fingerprint density at radius 3 is 2.23 bits per heavy atom. The molecule has 0 bridgehead atoms. The van der Waals surface area contributed by atoms with Gasteiger partial charge in [-0.25, -0.2) is 0 Å². The molecule has 1 aliphatic rings. The van der Waals surface area contributed by atoms with Gasteiger partial charge in [0.1, 0.15) is 12.6 Å². The van der Waals surface area contributed by atoms with Gasteiger partial charge >= 0.3 is 0 Å². The fraction of sp³-hybridized carbons (Fsp3) is 1.00. The molecule has 2 unspecified atom stereocenters. The van der Waals surface area contributed by atoms with Crippen LogP contribution >= 0.6 is 0 Å².